The Hall–Kier alpha value is -2.33. The highest BCUT2D eigenvalue weighted by Crippen LogP contribution is 2.21. The van der Waals surface area contributed by atoms with E-state index in [9.17, 15) is 4.79 Å². The van der Waals surface area contributed by atoms with Crippen LogP contribution in [0.5, 0.6) is 5.75 Å². The molecule has 180 valence electrons. The fourth-order valence-corrected chi connectivity index (χ4v) is 3.65. The molecule has 0 fully saturated rings. The summed E-state index contributed by atoms with van der Waals surface area (Å²) >= 11 is 0. The molecule has 1 aliphatic rings. The van der Waals surface area contributed by atoms with Crippen molar-refractivity contribution in [2.75, 3.05) is 40.0 Å². The Morgan fingerprint density at radius 3 is 2.67 bits per heavy atom. The van der Waals surface area contributed by atoms with E-state index < -0.39 is 0 Å². The lowest BCUT2D eigenvalue weighted by Crippen LogP contribution is -2.45. The van der Waals surface area contributed by atoms with Gasteiger partial charge in [0.15, 0.2) is 5.96 Å². The number of amides is 1. The lowest BCUT2D eigenvalue weighted by Gasteiger charge is -2.29. The molecule has 0 radical (unpaired) electrons. The number of methoxy groups -OCH3 is 1. The SMILES string of the molecule is CCNC(=NCc1ccc(C)cc1OCCOC)NCC(=O)N1CCc2ccccc2C1.I. The third-order valence-corrected chi connectivity index (χ3v) is 5.41. The molecule has 0 spiro atoms. The summed E-state index contributed by atoms with van der Waals surface area (Å²) in [5.41, 5.74) is 4.68. The van der Waals surface area contributed by atoms with Crippen molar-refractivity contribution in [3.63, 3.8) is 0 Å². The molecule has 2 aromatic carbocycles. The standard InChI is InChI=1S/C25H34N4O3.HI/c1-4-26-25(27-16-21-10-9-19(2)15-23(21)32-14-13-31-3)28-17-24(30)29-12-11-20-7-5-6-8-22(20)18-29;/h5-10,15H,4,11-14,16-18H2,1-3H3,(H2,26,27,28);1H. The van der Waals surface area contributed by atoms with Crippen LogP contribution in [0.3, 0.4) is 0 Å². The van der Waals surface area contributed by atoms with Gasteiger partial charge in [0.2, 0.25) is 5.91 Å². The third kappa shape index (κ3) is 8.19. The number of benzene rings is 2. The second-order valence-corrected chi connectivity index (χ2v) is 7.84. The summed E-state index contributed by atoms with van der Waals surface area (Å²) in [6.07, 6.45) is 0.898. The summed E-state index contributed by atoms with van der Waals surface area (Å²) in [4.78, 5) is 19.3. The molecular weight excluding hydrogens is 531 g/mol. The maximum atomic E-state index is 12.8. The summed E-state index contributed by atoms with van der Waals surface area (Å²) in [7, 11) is 1.66. The Balaban J connectivity index is 0.00000385. The van der Waals surface area contributed by atoms with E-state index >= 15 is 0 Å². The lowest BCUT2D eigenvalue weighted by molar-refractivity contribution is -0.130. The van der Waals surface area contributed by atoms with Gasteiger partial charge in [0, 0.05) is 32.3 Å². The van der Waals surface area contributed by atoms with Gasteiger partial charge in [-0.05, 0) is 43.0 Å². The van der Waals surface area contributed by atoms with Gasteiger partial charge in [-0.2, -0.15) is 0 Å². The Morgan fingerprint density at radius 2 is 1.91 bits per heavy atom. The van der Waals surface area contributed by atoms with Gasteiger partial charge in [-0.25, -0.2) is 4.99 Å². The molecular formula is C25H35IN4O3. The van der Waals surface area contributed by atoms with E-state index in [0.29, 0.717) is 38.8 Å². The van der Waals surface area contributed by atoms with Crippen molar-refractivity contribution in [1.29, 1.82) is 0 Å². The Labute approximate surface area is 214 Å². The summed E-state index contributed by atoms with van der Waals surface area (Å²) < 4.78 is 10.9. The lowest BCUT2D eigenvalue weighted by atomic mass is 10.00. The first-order valence-corrected chi connectivity index (χ1v) is 11.2. The van der Waals surface area contributed by atoms with Gasteiger partial charge in [-0.3, -0.25) is 4.79 Å². The maximum absolute atomic E-state index is 12.8. The first kappa shape index (κ1) is 26.9. The van der Waals surface area contributed by atoms with Crippen molar-refractivity contribution in [2.24, 2.45) is 4.99 Å². The van der Waals surface area contributed by atoms with E-state index in [1.807, 2.05) is 43.0 Å². The molecule has 1 heterocycles. The topological polar surface area (TPSA) is 75.2 Å². The minimum Gasteiger partial charge on any atom is -0.491 e. The highest BCUT2D eigenvalue weighted by molar-refractivity contribution is 14.0. The minimum atomic E-state index is 0. The smallest absolute Gasteiger partial charge is 0.242 e. The van der Waals surface area contributed by atoms with Gasteiger partial charge < -0.3 is 25.0 Å². The van der Waals surface area contributed by atoms with Gasteiger partial charge in [0.1, 0.15) is 12.4 Å². The highest BCUT2D eigenvalue weighted by Gasteiger charge is 2.20. The van der Waals surface area contributed by atoms with Crippen LogP contribution in [0.1, 0.15) is 29.2 Å². The quantitative estimate of drug-likeness (QED) is 0.211. The molecule has 8 heteroatoms. The monoisotopic (exact) mass is 566 g/mol. The van der Waals surface area contributed by atoms with Crippen LogP contribution >= 0.6 is 24.0 Å². The highest BCUT2D eigenvalue weighted by atomic mass is 127. The molecule has 0 bridgehead atoms. The van der Waals surface area contributed by atoms with Gasteiger partial charge in [-0.1, -0.05) is 36.4 Å². The molecule has 0 unspecified atom stereocenters. The predicted molar refractivity (Wildman–Crippen MR) is 142 cm³/mol. The van der Waals surface area contributed by atoms with Crippen LogP contribution in [0, 0.1) is 6.92 Å². The average Bonchev–Trinajstić information content (AvgIpc) is 2.81. The van der Waals surface area contributed by atoms with Crippen molar-refractivity contribution in [1.82, 2.24) is 15.5 Å². The van der Waals surface area contributed by atoms with Crippen molar-refractivity contribution >= 4 is 35.8 Å². The largest absolute Gasteiger partial charge is 0.491 e. The van der Waals surface area contributed by atoms with Crippen molar-refractivity contribution in [3.8, 4) is 5.75 Å². The number of nitrogens with zero attached hydrogens (tertiary/aromatic N) is 2. The average molecular weight is 566 g/mol. The van der Waals surface area contributed by atoms with Crippen molar-refractivity contribution in [2.45, 2.75) is 33.4 Å². The Kier molecular flexibility index (Phi) is 11.5. The fraction of sp³-hybridized carbons (Fsp3) is 0.440. The third-order valence-electron chi connectivity index (χ3n) is 5.41. The summed E-state index contributed by atoms with van der Waals surface area (Å²) in [6, 6.07) is 14.4. The van der Waals surface area contributed by atoms with Gasteiger partial charge in [0.05, 0.1) is 19.7 Å². The number of aryl methyl sites for hydroxylation is 1. The first-order chi connectivity index (χ1) is 15.6. The molecule has 0 saturated carbocycles. The predicted octanol–water partition coefficient (Wildman–Crippen LogP) is 3.28. The molecule has 3 rings (SSSR count). The van der Waals surface area contributed by atoms with E-state index in [1.54, 1.807) is 7.11 Å². The van der Waals surface area contributed by atoms with Crippen LogP contribution in [0.4, 0.5) is 0 Å². The second-order valence-electron chi connectivity index (χ2n) is 7.84. The number of guanidine groups is 1. The molecule has 2 N–H and O–H groups in total. The molecule has 1 amide bonds. The van der Waals surface area contributed by atoms with E-state index in [1.165, 1.54) is 11.1 Å². The Morgan fingerprint density at radius 1 is 1.12 bits per heavy atom. The summed E-state index contributed by atoms with van der Waals surface area (Å²) in [5.74, 6) is 1.50. The second kappa shape index (κ2) is 14.0. The van der Waals surface area contributed by atoms with Crippen molar-refractivity contribution < 1.29 is 14.3 Å². The molecule has 33 heavy (non-hydrogen) atoms. The zero-order chi connectivity index (χ0) is 22.8. The normalized spacial score (nSPS) is 13.1. The molecule has 0 saturated heterocycles. The maximum Gasteiger partial charge on any atom is 0.242 e. The van der Waals surface area contributed by atoms with E-state index in [4.69, 9.17) is 9.47 Å². The number of aliphatic imine (C=N–C) groups is 1. The van der Waals surface area contributed by atoms with Gasteiger partial charge in [-0.15, -0.1) is 24.0 Å². The number of hydrogen-bond donors (Lipinski definition) is 2. The van der Waals surface area contributed by atoms with E-state index in [-0.39, 0.29) is 36.4 Å². The number of ether oxygens (including phenoxy) is 2. The van der Waals surface area contributed by atoms with Crippen LogP contribution in [0.2, 0.25) is 0 Å². The van der Waals surface area contributed by atoms with E-state index in [2.05, 4.69) is 33.8 Å². The van der Waals surface area contributed by atoms with Crippen LogP contribution in [0.15, 0.2) is 47.5 Å². The molecule has 2 aromatic rings. The van der Waals surface area contributed by atoms with Gasteiger partial charge >= 0.3 is 0 Å². The number of halogens is 1. The summed E-state index contributed by atoms with van der Waals surface area (Å²) in [5, 5.41) is 6.40. The number of hydrogen-bond acceptors (Lipinski definition) is 4. The Bertz CT molecular complexity index is 936. The number of rotatable bonds is 9. The van der Waals surface area contributed by atoms with Crippen molar-refractivity contribution in [3.05, 3.63) is 64.7 Å². The number of carbonyl (C=O) groups excluding carboxylic acids is 1. The van der Waals surface area contributed by atoms with E-state index in [0.717, 1.165) is 29.8 Å². The fourth-order valence-electron chi connectivity index (χ4n) is 3.65. The molecule has 1 aliphatic heterocycles. The molecule has 0 aromatic heterocycles. The zero-order valence-corrected chi connectivity index (χ0v) is 22.1. The number of fused-ring (bicyclic) bond motifs is 1. The minimum absolute atomic E-state index is 0. The van der Waals surface area contributed by atoms with Crippen LogP contribution in [-0.2, 0) is 29.0 Å². The molecule has 0 atom stereocenters. The van der Waals surface area contributed by atoms with Gasteiger partial charge in [0.25, 0.3) is 0 Å². The first-order valence-electron chi connectivity index (χ1n) is 11.2. The molecule has 7 nitrogen and oxygen atoms in total. The van der Waals surface area contributed by atoms with Crippen LogP contribution < -0.4 is 15.4 Å². The number of carbonyl (C=O) groups is 1. The molecule has 0 aliphatic carbocycles. The number of nitrogens with one attached hydrogen (secondary N) is 2. The zero-order valence-electron chi connectivity index (χ0n) is 19.7. The van der Waals surface area contributed by atoms with Crippen LogP contribution in [-0.4, -0.2) is 56.7 Å². The van der Waals surface area contributed by atoms with Crippen LogP contribution in [0.25, 0.3) is 0 Å². The summed E-state index contributed by atoms with van der Waals surface area (Å²) in [6.45, 7) is 7.84.